The molecule has 0 saturated heterocycles. The molecule has 0 aliphatic carbocycles. The van der Waals surface area contributed by atoms with Crippen LogP contribution in [0, 0.1) is 0 Å². The minimum absolute atomic E-state index is 0.0762. The molecule has 1 amide bonds. The van der Waals surface area contributed by atoms with Gasteiger partial charge in [0.15, 0.2) is 17.1 Å². The van der Waals surface area contributed by atoms with Gasteiger partial charge in [-0.25, -0.2) is 0 Å². The third-order valence-corrected chi connectivity index (χ3v) is 5.87. The third-order valence-electron chi connectivity index (χ3n) is 4.50. The van der Waals surface area contributed by atoms with E-state index in [0.29, 0.717) is 11.3 Å². The number of amides is 1. The van der Waals surface area contributed by atoms with E-state index in [9.17, 15) is 9.90 Å². The van der Waals surface area contributed by atoms with Gasteiger partial charge in [0, 0.05) is 15.0 Å². The van der Waals surface area contributed by atoms with Crippen LogP contribution in [0.3, 0.4) is 0 Å². The molecule has 0 saturated carbocycles. The number of para-hydroxylation sites is 1. The molecule has 1 atom stereocenters. The Hall–Kier alpha value is -2.83. The molecule has 4 rings (SSSR count). The first-order valence-corrected chi connectivity index (χ1v) is 9.36. The molecule has 5 nitrogen and oxygen atoms in total. The predicted molar refractivity (Wildman–Crippen MR) is 106 cm³/mol. The highest BCUT2D eigenvalue weighted by atomic mass is 32.1. The van der Waals surface area contributed by atoms with E-state index < -0.39 is 5.60 Å². The number of methoxy groups -OCH3 is 1. The Labute approximate surface area is 160 Å². The summed E-state index contributed by atoms with van der Waals surface area (Å²) >= 11 is 1.52. The van der Waals surface area contributed by atoms with E-state index in [2.05, 4.69) is 5.32 Å². The van der Waals surface area contributed by atoms with Gasteiger partial charge in [0.1, 0.15) is 5.60 Å². The minimum Gasteiger partial charge on any atom is -0.493 e. The van der Waals surface area contributed by atoms with E-state index in [0.717, 1.165) is 20.3 Å². The number of carbonyl (C=O) groups is 1. The van der Waals surface area contributed by atoms with Gasteiger partial charge in [0.05, 0.1) is 13.7 Å². The normalized spacial score (nSPS) is 13.6. The van der Waals surface area contributed by atoms with Gasteiger partial charge in [0.2, 0.25) is 0 Å². The Kier molecular flexibility index (Phi) is 4.37. The molecule has 0 spiro atoms. The summed E-state index contributed by atoms with van der Waals surface area (Å²) in [6.45, 7) is 1.77. The first-order chi connectivity index (χ1) is 13.0. The van der Waals surface area contributed by atoms with Crippen LogP contribution < -0.4 is 10.1 Å². The molecule has 6 heteroatoms. The molecule has 2 heterocycles. The van der Waals surface area contributed by atoms with Crippen LogP contribution in [0.4, 0.5) is 0 Å². The van der Waals surface area contributed by atoms with Crippen molar-refractivity contribution in [2.75, 3.05) is 13.7 Å². The van der Waals surface area contributed by atoms with Crippen molar-refractivity contribution in [3.05, 3.63) is 65.2 Å². The van der Waals surface area contributed by atoms with Gasteiger partial charge in [-0.05, 0) is 36.6 Å². The van der Waals surface area contributed by atoms with Gasteiger partial charge in [-0.3, -0.25) is 4.79 Å². The summed E-state index contributed by atoms with van der Waals surface area (Å²) in [5.74, 6) is 0.375. The topological polar surface area (TPSA) is 71.7 Å². The number of fused-ring (bicyclic) bond motifs is 2. The van der Waals surface area contributed by atoms with E-state index in [1.807, 2.05) is 42.5 Å². The van der Waals surface area contributed by atoms with Crippen LogP contribution in [0.2, 0.25) is 0 Å². The predicted octanol–water partition coefficient (Wildman–Crippen LogP) is 4.29. The van der Waals surface area contributed by atoms with E-state index in [-0.39, 0.29) is 18.2 Å². The van der Waals surface area contributed by atoms with Crippen molar-refractivity contribution in [1.82, 2.24) is 5.32 Å². The largest absolute Gasteiger partial charge is 0.493 e. The van der Waals surface area contributed by atoms with Crippen LogP contribution in [-0.2, 0) is 5.60 Å². The summed E-state index contributed by atoms with van der Waals surface area (Å²) in [5, 5.41) is 15.5. The van der Waals surface area contributed by atoms with Crippen molar-refractivity contribution in [3.63, 3.8) is 0 Å². The van der Waals surface area contributed by atoms with Crippen molar-refractivity contribution in [1.29, 1.82) is 0 Å². The maximum absolute atomic E-state index is 12.5. The Morgan fingerprint density at radius 2 is 1.96 bits per heavy atom. The second-order valence-electron chi connectivity index (χ2n) is 6.59. The zero-order chi connectivity index (χ0) is 19.0. The van der Waals surface area contributed by atoms with Gasteiger partial charge in [0.25, 0.3) is 5.91 Å². The molecule has 2 aromatic carbocycles. The Morgan fingerprint density at radius 3 is 2.74 bits per heavy atom. The van der Waals surface area contributed by atoms with Gasteiger partial charge in [-0.1, -0.05) is 30.3 Å². The zero-order valence-electron chi connectivity index (χ0n) is 15.0. The maximum Gasteiger partial charge on any atom is 0.287 e. The second-order valence-corrected chi connectivity index (χ2v) is 7.68. The lowest BCUT2D eigenvalue weighted by Crippen LogP contribution is -2.37. The fourth-order valence-corrected chi connectivity index (χ4v) is 4.09. The highest BCUT2D eigenvalue weighted by Crippen LogP contribution is 2.33. The van der Waals surface area contributed by atoms with E-state index >= 15 is 0 Å². The van der Waals surface area contributed by atoms with E-state index in [1.54, 1.807) is 26.2 Å². The quantitative estimate of drug-likeness (QED) is 0.541. The second kappa shape index (κ2) is 6.72. The summed E-state index contributed by atoms with van der Waals surface area (Å²) < 4.78 is 12.0. The van der Waals surface area contributed by atoms with Crippen molar-refractivity contribution in [2.24, 2.45) is 0 Å². The average molecular weight is 381 g/mol. The molecule has 2 aromatic heterocycles. The number of benzene rings is 2. The minimum atomic E-state index is -1.18. The van der Waals surface area contributed by atoms with Gasteiger partial charge in [-0.15, -0.1) is 11.3 Å². The van der Waals surface area contributed by atoms with E-state index in [4.69, 9.17) is 9.15 Å². The fourth-order valence-electron chi connectivity index (χ4n) is 2.98. The maximum atomic E-state index is 12.5. The van der Waals surface area contributed by atoms with Gasteiger partial charge < -0.3 is 19.6 Å². The number of aliphatic hydroxyl groups is 1. The number of carbonyl (C=O) groups excluding carboxylic acids is 1. The van der Waals surface area contributed by atoms with Crippen LogP contribution in [0.1, 0.15) is 22.4 Å². The lowest BCUT2D eigenvalue weighted by Gasteiger charge is -2.21. The molecule has 138 valence electrons. The number of furan rings is 1. The third kappa shape index (κ3) is 3.29. The number of thiophene rings is 1. The molecule has 0 bridgehead atoms. The molecular formula is C21H19NO4S. The number of hydrogen-bond acceptors (Lipinski definition) is 5. The summed E-state index contributed by atoms with van der Waals surface area (Å²) in [6.07, 6.45) is 0. The molecule has 4 aromatic rings. The Bertz CT molecular complexity index is 1090. The molecular weight excluding hydrogens is 362 g/mol. The summed E-state index contributed by atoms with van der Waals surface area (Å²) in [6, 6.07) is 17.0. The smallest absolute Gasteiger partial charge is 0.287 e. The fraction of sp³-hybridized carbons (Fsp3) is 0.190. The average Bonchev–Trinajstić information content (AvgIpc) is 3.30. The molecule has 1 unspecified atom stereocenters. The lowest BCUT2D eigenvalue weighted by molar-refractivity contribution is 0.0549. The van der Waals surface area contributed by atoms with Crippen LogP contribution in [-0.4, -0.2) is 24.7 Å². The zero-order valence-corrected chi connectivity index (χ0v) is 15.8. The number of hydrogen-bond donors (Lipinski definition) is 2. The molecule has 27 heavy (non-hydrogen) atoms. The summed E-state index contributed by atoms with van der Waals surface area (Å²) in [7, 11) is 1.55. The van der Waals surface area contributed by atoms with Crippen LogP contribution in [0.25, 0.3) is 21.1 Å². The Balaban J connectivity index is 1.52. The molecule has 0 fully saturated rings. The summed E-state index contributed by atoms with van der Waals surface area (Å²) in [5.41, 5.74) is -0.648. The highest BCUT2D eigenvalue weighted by Gasteiger charge is 2.27. The van der Waals surface area contributed by atoms with Crippen LogP contribution >= 0.6 is 11.3 Å². The monoisotopic (exact) mass is 381 g/mol. The lowest BCUT2D eigenvalue weighted by atomic mass is 10.0. The molecule has 0 radical (unpaired) electrons. The van der Waals surface area contributed by atoms with Crippen LogP contribution in [0.5, 0.6) is 5.75 Å². The molecule has 2 N–H and O–H groups in total. The number of rotatable bonds is 5. The Morgan fingerprint density at radius 1 is 1.19 bits per heavy atom. The van der Waals surface area contributed by atoms with Gasteiger partial charge >= 0.3 is 0 Å². The van der Waals surface area contributed by atoms with E-state index in [1.165, 1.54) is 11.3 Å². The standard InChI is InChI=1S/C21H19NO4S/c1-21(24,18-11-13-6-3-4-9-17(13)27-18)12-22-20(23)16-10-14-7-5-8-15(25-2)19(14)26-16/h3-11,24H,12H2,1-2H3,(H,22,23). The number of ether oxygens (including phenoxy) is 1. The van der Waals surface area contributed by atoms with Crippen molar-refractivity contribution >= 4 is 38.3 Å². The van der Waals surface area contributed by atoms with Crippen molar-refractivity contribution in [2.45, 2.75) is 12.5 Å². The highest BCUT2D eigenvalue weighted by molar-refractivity contribution is 7.19. The van der Waals surface area contributed by atoms with Crippen molar-refractivity contribution in [3.8, 4) is 5.75 Å². The molecule has 0 aliphatic heterocycles. The van der Waals surface area contributed by atoms with Crippen molar-refractivity contribution < 1.29 is 19.1 Å². The van der Waals surface area contributed by atoms with Crippen LogP contribution in [0.15, 0.2) is 59.0 Å². The number of nitrogens with one attached hydrogen (secondary N) is 1. The molecule has 0 aliphatic rings. The summed E-state index contributed by atoms with van der Waals surface area (Å²) in [4.78, 5) is 13.3. The first-order valence-electron chi connectivity index (χ1n) is 8.54. The van der Waals surface area contributed by atoms with Gasteiger partial charge in [-0.2, -0.15) is 0 Å². The SMILES string of the molecule is COc1cccc2cc(C(=O)NCC(C)(O)c3cc4ccccc4s3)oc12. The first kappa shape index (κ1) is 17.6.